The van der Waals surface area contributed by atoms with Crippen molar-refractivity contribution < 1.29 is 9.90 Å². The number of aromatic amines is 1. The molecule has 0 saturated heterocycles. The Labute approximate surface area is 170 Å². The van der Waals surface area contributed by atoms with Crippen molar-refractivity contribution in [3.8, 4) is 0 Å². The minimum Gasteiger partial charge on any atom is -0.396 e. The lowest BCUT2D eigenvalue weighted by atomic mass is 10.0. The minimum absolute atomic E-state index is 0.0269. The number of nitrogens with zero attached hydrogens (tertiary/aromatic N) is 1. The second-order valence-electron chi connectivity index (χ2n) is 7.39. The average molecular weight is 393 g/mol. The number of anilines is 1. The van der Waals surface area contributed by atoms with Gasteiger partial charge in [-0.25, -0.2) is 4.79 Å². The standard InChI is InChI=1S/C23H27N3O3/c1-15-5-9-20(10-6-15)24-23(29)26(11-4-12-27)14-19-13-18-8-7-16(2)17(3)21(18)25-22(19)28/h5-10,13,27H,4,11-12,14H2,1-3H3,(H,24,29)(H,25,28). The summed E-state index contributed by atoms with van der Waals surface area (Å²) in [6.45, 7) is 6.45. The zero-order chi connectivity index (χ0) is 21.0. The summed E-state index contributed by atoms with van der Waals surface area (Å²) >= 11 is 0. The molecular weight excluding hydrogens is 366 g/mol. The summed E-state index contributed by atoms with van der Waals surface area (Å²) in [5.74, 6) is 0. The maximum Gasteiger partial charge on any atom is 0.322 e. The fraction of sp³-hybridized carbons (Fsp3) is 0.304. The molecule has 3 rings (SSSR count). The van der Waals surface area contributed by atoms with Gasteiger partial charge in [0.05, 0.1) is 12.1 Å². The van der Waals surface area contributed by atoms with Crippen LogP contribution in [-0.2, 0) is 6.54 Å². The molecule has 0 unspecified atom stereocenters. The number of rotatable bonds is 6. The molecule has 0 aliphatic carbocycles. The Bertz CT molecular complexity index is 1070. The third-order valence-corrected chi connectivity index (χ3v) is 5.17. The van der Waals surface area contributed by atoms with Gasteiger partial charge in [0.1, 0.15) is 0 Å². The van der Waals surface area contributed by atoms with Crippen LogP contribution < -0.4 is 10.9 Å². The van der Waals surface area contributed by atoms with Crippen LogP contribution in [-0.4, -0.2) is 34.2 Å². The third-order valence-electron chi connectivity index (χ3n) is 5.17. The van der Waals surface area contributed by atoms with Crippen molar-refractivity contribution in [1.82, 2.24) is 9.88 Å². The van der Waals surface area contributed by atoms with Crippen LogP contribution in [0.5, 0.6) is 0 Å². The summed E-state index contributed by atoms with van der Waals surface area (Å²) < 4.78 is 0. The highest BCUT2D eigenvalue weighted by molar-refractivity contribution is 5.89. The van der Waals surface area contributed by atoms with Gasteiger partial charge in [0.25, 0.3) is 5.56 Å². The van der Waals surface area contributed by atoms with Gasteiger partial charge >= 0.3 is 6.03 Å². The van der Waals surface area contributed by atoms with Crippen molar-refractivity contribution in [2.24, 2.45) is 0 Å². The third kappa shape index (κ3) is 4.84. The molecule has 3 aromatic rings. The molecule has 0 bridgehead atoms. The number of hydrogen-bond donors (Lipinski definition) is 3. The number of amides is 2. The molecule has 29 heavy (non-hydrogen) atoms. The first-order valence-electron chi connectivity index (χ1n) is 9.74. The number of benzene rings is 2. The summed E-state index contributed by atoms with van der Waals surface area (Å²) in [5, 5.41) is 13.0. The van der Waals surface area contributed by atoms with Crippen molar-refractivity contribution in [2.75, 3.05) is 18.5 Å². The fourth-order valence-corrected chi connectivity index (χ4v) is 3.25. The van der Waals surface area contributed by atoms with E-state index in [4.69, 9.17) is 0 Å². The molecule has 1 heterocycles. The number of pyridine rings is 1. The highest BCUT2D eigenvalue weighted by Gasteiger charge is 2.16. The first-order valence-corrected chi connectivity index (χ1v) is 9.74. The maximum atomic E-state index is 12.8. The highest BCUT2D eigenvalue weighted by atomic mass is 16.3. The van der Waals surface area contributed by atoms with Gasteiger partial charge in [0.15, 0.2) is 0 Å². The number of urea groups is 1. The molecule has 152 valence electrons. The molecule has 0 spiro atoms. The monoisotopic (exact) mass is 393 g/mol. The lowest BCUT2D eigenvalue weighted by molar-refractivity contribution is 0.199. The molecule has 0 aliphatic heterocycles. The first-order chi connectivity index (χ1) is 13.9. The largest absolute Gasteiger partial charge is 0.396 e. The Kier molecular flexibility index (Phi) is 6.34. The van der Waals surface area contributed by atoms with Gasteiger partial charge in [-0.3, -0.25) is 4.79 Å². The number of aliphatic hydroxyl groups excluding tert-OH is 1. The average Bonchev–Trinajstić information content (AvgIpc) is 2.70. The van der Waals surface area contributed by atoms with E-state index in [1.165, 1.54) is 0 Å². The lowest BCUT2D eigenvalue weighted by Gasteiger charge is -2.23. The zero-order valence-electron chi connectivity index (χ0n) is 17.1. The summed E-state index contributed by atoms with van der Waals surface area (Å²) in [6.07, 6.45) is 0.436. The number of H-pyrrole nitrogens is 1. The summed E-state index contributed by atoms with van der Waals surface area (Å²) in [7, 11) is 0. The molecule has 0 atom stereocenters. The second-order valence-corrected chi connectivity index (χ2v) is 7.39. The van der Waals surface area contributed by atoms with E-state index in [0.717, 1.165) is 27.6 Å². The minimum atomic E-state index is -0.304. The summed E-state index contributed by atoms with van der Waals surface area (Å²) in [4.78, 5) is 30.0. The molecule has 6 nitrogen and oxygen atoms in total. The zero-order valence-corrected chi connectivity index (χ0v) is 17.1. The van der Waals surface area contributed by atoms with Crippen LogP contribution in [0.3, 0.4) is 0 Å². The smallest absolute Gasteiger partial charge is 0.322 e. The van der Waals surface area contributed by atoms with E-state index >= 15 is 0 Å². The van der Waals surface area contributed by atoms with Gasteiger partial charge in [-0.05, 0) is 61.9 Å². The lowest BCUT2D eigenvalue weighted by Crippen LogP contribution is -2.37. The van der Waals surface area contributed by atoms with Gasteiger partial charge < -0.3 is 20.3 Å². The van der Waals surface area contributed by atoms with E-state index in [1.54, 1.807) is 4.90 Å². The van der Waals surface area contributed by atoms with Crippen LogP contribution in [0.1, 0.15) is 28.7 Å². The fourth-order valence-electron chi connectivity index (χ4n) is 3.25. The van der Waals surface area contributed by atoms with Crippen LogP contribution in [0.25, 0.3) is 10.9 Å². The van der Waals surface area contributed by atoms with Crippen molar-refractivity contribution in [2.45, 2.75) is 33.7 Å². The number of nitrogens with one attached hydrogen (secondary N) is 2. The number of aliphatic hydroxyl groups is 1. The molecule has 3 N–H and O–H groups in total. The van der Waals surface area contributed by atoms with E-state index in [2.05, 4.69) is 10.3 Å². The van der Waals surface area contributed by atoms with E-state index in [9.17, 15) is 14.7 Å². The Morgan fingerprint density at radius 2 is 1.83 bits per heavy atom. The predicted molar refractivity (Wildman–Crippen MR) is 116 cm³/mol. The van der Waals surface area contributed by atoms with Crippen LogP contribution >= 0.6 is 0 Å². The molecule has 2 aromatic carbocycles. The van der Waals surface area contributed by atoms with E-state index in [1.807, 2.05) is 63.2 Å². The molecule has 6 heteroatoms. The Balaban J connectivity index is 1.86. The SMILES string of the molecule is Cc1ccc(NC(=O)N(CCCO)Cc2cc3ccc(C)c(C)c3[nH]c2=O)cc1. The first kappa shape index (κ1) is 20.6. The van der Waals surface area contributed by atoms with Crippen LogP contribution in [0.2, 0.25) is 0 Å². The topological polar surface area (TPSA) is 85.4 Å². The molecule has 0 fully saturated rings. The molecule has 1 aromatic heterocycles. The van der Waals surface area contributed by atoms with Gasteiger partial charge in [0.2, 0.25) is 0 Å². The molecule has 0 radical (unpaired) electrons. The van der Waals surface area contributed by atoms with Crippen molar-refractivity contribution in [1.29, 1.82) is 0 Å². The normalized spacial score (nSPS) is 10.9. The number of carbonyl (C=O) groups excluding carboxylic acids is 1. The summed E-state index contributed by atoms with van der Waals surface area (Å²) in [6, 6.07) is 13.1. The predicted octanol–water partition coefficient (Wildman–Crippen LogP) is 3.87. The van der Waals surface area contributed by atoms with Crippen molar-refractivity contribution >= 4 is 22.6 Å². The number of fused-ring (bicyclic) bond motifs is 1. The highest BCUT2D eigenvalue weighted by Crippen LogP contribution is 2.19. The number of hydrogen-bond acceptors (Lipinski definition) is 3. The quantitative estimate of drug-likeness (QED) is 0.594. The maximum absolute atomic E-state index is 12.8. The van der Waals surface area contributed by atoms with Crippen LogP contribution in [0, 0.1) is 20.8 Å². The van der Waals surface area contributed by atoms with E-state index < -0.39 is 0 Å². The number of aryl methyl sites for hydroxylation is 3. The molecular formula is C23H27N3O3. The van der Waals surface area contributed by atoms with Crippen LogP contribution in [0.15, 0.2) is 47.3 Å². The Morgan fingerprint density at radius 3 is 2.52 bits per heavy atom. The summed E-state index contributed by atoms with van der Waals surface area (Å²) in [5.41, 5.74) is 5.08. The second kappa shape index (κ2) is 8.92. The number of carbonyl (C=O) groups is 1. The molecule has 0 aliphatic rings. The number of aromatic nitrogens is 1. The molecule has 2 amide bonds. The van der Waals surface area contributed by atoms with Crippen molar-refractivity contribution in [3.05, 3.63) is 75.1 Å². The van der Waals surface area contributed by atoms with Gasteiger partial charge in [-0.15, -0.1) is 0 Å². The van der Waals surface area contributed by atoms with Crippen molar-refractivity contribution in [3.63, 3.8) is 0 Å². The van der Waals surface area contributed by atoms with Gasteiger partial charge in [-0.2, -0.15) is 0 Å². The Morgan fingerprint density at radius 1 is 1.10 bits per heavy atom. The van der Waals surface area contributed by atoms with E-state index in [-0.39, 0.29) is 24.7 Å². The van der Waals surface area contributed by atoms with Crippen LogP contribution in [0.4, 0.5) is 10.5 Å². The molecule has 0 saturated carbocycles. The van der Waals surface area contributed by atoms with Gasteiger partial charge in [0, 0.05) is 24.4 Å². The Hall–Kier alpha value is -3.12. The van der Waals surface area contributed by atoms with Gasteiger partial charge in [-0.1, -0.05) is 29.8 Å². The van der Waals surface area contributed by atoms with E-state index in [0.29, 0.717) is 24.2 Å².